The number of nitrogens with two attached hydrogens (primary N) is 1. The minimum atomic E-state index is -0.548. The molecule has 4 rings (SSSR count). The first kappa shape index (κ1) is 30.2. The maximum absolute atomic E-state index is 13.6. The topological polar surface area (TPSA) is 157 Å². The van der Waals surface area contributed by atoms with Crippen LogP contribution in [-0.2, 0) is 14.4 Å². The molecule has 222 valence electrons. The molecule has 0 aromatic heterocycles. The normalized spacial score (nSPS) is 27.1. The summed E-state index contributed by atoms with van der Waals surface area (Å²) in [4.78, 5) is 66.7. The smallest absolute Gasteiger partial charge is 0.315 e. The van der Waals surface area contributed by atoms with Gasteiger partial charge in [-0.05, 0) is 19.3 Å². The molecule has 13 heteroatoms. The molecule has 0 bridgehead atoms. The van der Waals surface area contributed by atoms with E-state index in [-0.39, 0.29) is 47.6 Å². The minimum absolute atomic E-state index is 0.0727. The quantitative estimate of drug-likeness (QED) is 0.134. The Morgan fingerprint density at radius 3 is 2.58 bits per heavy atom. The monoisotopic (exact) mass is 577 g/mol. The highest BCUT2D eigenvalue weighted by atomic mass is 32.2. The van der Waals surface area contributed by atoms with Gasteiger partial charge in [-0.25, -0.2) is 9.59 Å². The molecule has 12 nitrogen and oxygen atoms in total. The Bertz CT molecular complexity index is 976. The summed E-state index contributed by atoms with van der Waals surface area (Å²) in [5.41, 5.74) is 5.79. The van der Waals surface area contributed by atoms with Gasteiger partial charge in [-0.3, -0.25) is 24.2 Å². The average Bonchev–Trinajstić information content (AvgIpc) is 3.58. The molecular weight excluding hydrogens is 534 g/mol. The maximum Gasteiger partial charge on any atom is 0.315 e. The Hall–Kier alpha value is -2.80. The van der Waals surface area contributed by atoms with Crippen LogP contribution in [0, 0.1) is 5.92 Å². The molecule has 2 unspecified atom stereocenters. The third-order valence-electron chi connectivity index (χ3n) is 8.40. The predicted molar refractivity (Wildman–Crippen MR) is 152 cm³/mol. The van der Waals surface area contributed by atoms with E-state index in [9.17, 15) is 24.0 Å². The molecule has 0 aromatic carbocycles. The highest BCUT2D eigenvalue weighted by Gasteiger charge is 2.43. The van der Waals surface area contributed by atoms with E-state index in [4.69, 9.17) is 5.73 Å². The molecule has 0 aromatic rings. The molecule has 4 aliphatic rings. The summed E-state index contributed by atoms with van der Waals surface area (Å²) < 4.78 is 0. The van der Waals surface area contributed by atoms with Crippen LogP contribution >= 0.6 is 11.8 Å². The largest absolute Gasteiger partial charge is 0.356 e. The molecule has 4 heterocycles. The number of carbonyl (C=O) groups is 5. The Kier molecular flexibility index (Phi) is 10.7. The third kappa shape index (κ3) is 7.48. The van der Waals surface area contributed by atoms with Crippen molar-refractivity contribution in [3.8, 4) is 0 Å². The van der Waals surface area contributed by atoms with E-state index in [1.165, 1.54) is 17.1 Å². The molecule has 4 aliphatic heterocycles. The van der Waals surface area contributed by atoms with Gasteiger partial charge in [0.2, 0.25) is 5.91 Å². The number of primary amides is 1. The molecule has 5 N–H and O–H groups in total. The number of hydrogen-bond acceptors (Lipinski definition) is 7. The summed E-state index contributed by atoms with van der Waals surface area (Å²) in [6.07, 6.45) is 8.96. The van der Waals surface area contributed by atoms with Crippen LogP contribution in [0.25, 0.3) is 0 Å². The number of unbranched alkanes of at least 4 members (excludes halogenated alkanes) is 3. The molecule has 3 fully saturated rings. The van der Waals surface area contributed by atoms with E-state index < -0.39 is 18.0 Å². The fourth-order valence-electron chi connectivity index (χ4n) is 6.16. The Balaban J connectivity index is 1.40. The standard InChI is InChI=1S/C27H43N7O5S/c1-2-3-4-5-11-29-25(37)18(7-6-8-21-24-19(17-40-21)30-27(39)31-24)20-16-32(12-14-33(20)26(28)38)13-15-34-22(35)9-10-23(34)36/h9-10,18-21,24H,2-8,11-17H2,1H3,(H2,28,38)(H,29,37)(H2,30,31,39)/t18?,19-,20?,21-,24-/m0/s1. The van der Waals surface area contributed by atoms with E-state index in [1.807, 2.05) is 11.8 Å². The van der Waals surface area contributed by atoms with Gasteiger partial charge in [-0.1, -0.05) is 32.6 Å². The zero-order chi connectivity index (χ0) is 28.6. The summed E-state index contributed by atoms with van der Waals surface area (Å²) in [5.74, 6) is -0.287. The molecule has 7 amide bonds. The van der Waals surface area contributed by atoms with E-state index in [2.05, 4.69) is 27.8 Å². The number of hydrogen-bond donors (Lipinski definition) is 4. The lowest BCUT2D eigenvalue weighted by Gasteiger charge is -2.44. The van der Waals surface area contributed by atoms with Crippen molar-refractivity contribution in [1.82, 2.24) is 30.7 Å². The van der Waals surface area contributed by atoms with Crippen molar-refractivity contribution >= 4 is 41.5 Å². The predicted octanol–water partition coefficient (Wildman–Crippen LogP) is 0.625. The second-order valence-corrected chi connectivity index (χ2v) is 12.3. The van der Waals surface area contributed by atoms with Gasteiger partial charge in [0.15, 0.2) is 0 Å². The van der Waals surface area contributed by atoms with Crippen LogP contribution < -0.4 is 21.7 Å². The lowest BCUT2D eigenvalue weighted by molar-refractivity contribution is -0.137. The van der Waals surface area contributed by atoms with Crippen LogP contribution in [0.3, 0.4) is 0 Å². The second-order valence-electron chi connectivity index (χ2n) is 11.1. The van der Waals surface area contributed by atoms with E-state index >= 15 is 0 Å². The first-order valence-corrected chi connectivity index (χ1v) is 15.6. The summed E-state index contributed by atoms with van der Waals surface area (Å²) in [7, 11) is 0. The van der Waals surface area contributed by atoms with Crippen LogP contribution in [0.4, 0.5) is 9.59 Å². The molecule has 3 saturated heterocycles. The fourth-order valence-corrected chi connectivity index (χ4v) is 7.70. The fraction of sp³-hybridized carbons (Fsp3) is 0.741. The van der Waals surface area contributed by atoms with Crippen LogP contribution in [0.1, 0.15) is 51.9 Å². The molecule has 5 atom stereocenters. The number of piperazine rings is 1. The van der Waals surface area contributed by atoms with Crippen molar-refractivity contribution in [3.63, 3.8) is 0 Å². The van der Waals surface area contributed by atoms with Gasteiger partial charge in [0.1, 0.15) is 0 Å². The number of imide groups is 1. The van der Waals surface area contributed by atoms with Crippen molar-refractivity contribution in [2.24, 2.45) is 11.7 Å². The highest BCUT2D eigenvalue weighted by Crippen LogP contribution is 2.34. The van der Waals surface area contributed by atoms with Gasteiger partial charge in [-0.2, -0.15) is 11.8 Å². The number of urea groups is 2. The van der Waals surface area contributed by atoms with Crippen LogP contribution in [-0.4, -0.2) is 113 Å². The summed E-state index contributed by atoms with van der Waals surface area (Å²) in [5, 5.41) is 9.38. The van der Waals surface area contributed by atoms with Crippen molar-refractivity contribution < 1.29 is 24.0 Å². The zero-order valence-electron chi connectivity index (χ0n) is 23.3. The van der Waals surface area contributed by atoms with E-state index in [1.54, 1.807) is 4.90 Å². The molecule has 0 radical (unpaired) electrons. The van der Waals surface area contributed by atoms with Gasteiger partial charge in [-0.15, -0.1) is 0 Å². The van der Waals surface area contributed by atoms with Gasteiger partial charge < -0.3 is 26.6 Å². The Morgan fingerprint density at radius 2 is 1.85 bits per heavy atom. The third-order valence-corrected chi connectivity index (χ3v) is 9.91. The van der Waals surface area contributed by atoms with Crippen molar-refractivity contribution in [2.45, 2.75) is 75.2 Å². The van der Waals surface area contributed by atoms with Crippen LogP contribution in [0.2, 0.25) is 0 Å². The number of rotatable bonds is 14. The van der Waals surface area contributed by atoms with Gasteiger partial charge in [0.05, 0.1) is 24.0 Å². The number of thioether (sulfide) groups is 1. The summed E-state index contributed by atoms with van der Waals surface area (Å²) in [6, 6.07) is -0.837. The minimum Gasteiger partial charge on any atom is -0.356 e. The van der Waals surface area contributed by atoms with Crippen molar-refractivity contribution in [3.05, 3.63) is 12.2 Å². The maximum atomic E-state index is 13.6. The second kappa shape index (κ2) is 14.2. The molecule has 0 spiro atoms. The summed E-state index contributed by atoms with van der Waals surface area (Å²) in [6.45, 7) is 4.80. The van der Waals surface area contributed by atoms with E-state index in [0.717, 1.165) is 44.3 Å². The lowest BCUT2D eigenvalue weighted by atomic mass is 9.88. The van der Waals surface area contributed by atoms with Gasteiger partial charge >= 0.3 is 12.1 Å². The van der Waals surface area contributed by atoms with Gasteiger partial charge in [0.25, 0.3) is 11.8 Å². The molecular formula is C27H43N7O5S. The average molecular weight is 578 g/mol. The SMILES string of the molecule is CCCCCCNC(=O)C(CCC[C@@H]1SC[C@@H]2NC(=O)N[C@@H]21)C1CN(CCN2C(=O)C=CC2=O)CCN1C(N)=O. The number of fused-ring (bicyclic) bond motifs is 1. The first-order chi connectivity index (χ1) is 19.3. The first-order valence-electron chi connectivity index (χ1n) is 14.6. The van der Waals surface area contributed by atoms with Crippen molar-refractivity contribution in [2.75, 3.05) is 45.0 Å². The highest BCUT2D eigenvalue weighted by molar-refractivity contribution is 8.00. The van der Waals surface area contributed by atoms with Gasteiger partial charge in [0, 0.05) is 62.4 Å². The molecule has 0 aliphatic carbocycles. The Labute approximate surface area is 240 Å². The molecule has 0 saturated carbocycles. The lowest BCUT2D eigenvalue weighted by Crippen LogP contribution is -2.61. The summed E-state index contributed by atoms with van der Waals surface area (Å²) >= 11 is 1.84. The Morgan fingerprint density at radius 1 is 1.07 bits per heavy atom. The number of amides is 7. The number of carbonyl (C=O) groups excluding carboxylic acids is 5. The number of nitrogens with zero attached hydrogens (tertiary/aromatic N) is 3. The number of nitrogens with one attached hydrogen (secondary N) is 3. The van der Waals surface area contributed by atoms with Crippen LogP contribution in [0.5, 0.6) is 0 Å². The molecule has 40 heavy (non-hydrogen) atoms. The van der Waals surface area contributed by atoms with Crippen LogP contribution in [0.15, 0.2) is 12.2 Å². The zero-order valence-corrected chi connectivity index (χ0v) is 24.1. The van der Waals surface area contributed by atoms with Crippen molar-refractivity contribution in [1.29, 1.82) is 0 Å². The van der Waals surface area contributed by atoms with E-state index in [0.29, 0.717) is 39.1 Å².